The van der Waals surface area contributed by atoms with E-state index in [1.165, 1.54) is 5.70 Å². The molecule has 0 N–H and O–H groups in total. The Labute approximate surface area is 139 Å². The molecule has 0 atom stereocenters. The van der Waals surface area contributed by atoms with Gasteiger partial charge in [0.1, 0.15) is 0 Å². The van der Waals surface area contributed by atoms with Crippen molar-refractivity contribution in [2.24, 2.45) is 0 Å². The van der Waals surface area contributed by atoms with Gasteiger partial charge in [-0.2, -0.15) is 0 Å². The van der Waals surface area contributed by atoms with Crippen LogP contribution in [-0.4, -0.2) is 41.9 Å². The van der Waals surface area contributed by atoms with Gasteiger partial charge in [-0.15, -0.1) is 0 Å². The molecular formula is C20H26N2O. The number of nitrogens with zero attached hydrogens (tertiary/aromatic N) is 2. The van der Waals surface area contributed by atoms with E-state index < -0.39 is 0 Å². The van der Waals surface area contributed by atoms with Gasteiger partial charge in [-0.25, -0.2) is 0 Å². The van der Waals surface area contributed by atoms with Crippen LogP contribution >= 0.6 is 0 Å². The maximum Gasteiger partial charge on any atom is 0.253 e. The van der Waals surface area contributed by atoms with Crippen molar-refractivity contribution in [2.75, 3.05) is 26.2 Å². The lowest BCUT2D eigenvalue weighted by atomic mass is 10.1. The molecule has 0 spiro atoms. The lowest BCUT2D eigenvalue weighted by Gasteiger charge is -2.36. The highest BCUT2D eigenvalue weighted by atomic mass is 16.2. The number of rotatable bonds is 4. The van der Waals surface area contributed by atoms with Crippen molar-refractivity contribution in [3.05, 3.63) is 71.5 Å². The largest absolute Gasteiger partial charge is 0.368 e. The Balaban J connectivity index is 2.01. The highest BCUT2D eigenvalue weighted by Crippen LogP contribution is 2.14. The second-order valence-electron chi connectivity index (χ2n) is 5.77. The third-order valence-corrected chi connectivity index (χ3v) is 3.99. The molecule has 1 heterocycles. The molecular weight excluding hydrogens is 284 g/mol. The summed E-state index contributed by atoms with van der Waals surface area (Å²) in [6.07, 6.45) is 10.4. The Morgan fingerprint density at radius 3 is 2.35 bits per heavy atom. The Hall–Kier alpha value is -2.29. The Kier molecular flexibility index (Phi) is 6.21. The zero-order valence-corrected chi connectivity index (χ0v) is 14.3. The Bertz CT molecular complexity index is 620. The summed E-state index contributed by atoms with van der Waals surface area (Å²) in [5.74, 6) is 0.137. The molecule has 1 aromatic carbocycles. The number of carbonyl (C=O) groups excluding carboxylic acids is 1. The number of hydrogen-bond acceptors (Lipinski definition) is 2. The molecule has 0 radical (unpaired) electrons. The third-order valence-electron chi connectivity index (χ3n) is 3.99. The quantitative estimate of drug-likeness (QED) is 0.790. The zero-order valence-electron chi connectivity index (χ0n) is 14.3. The Morgan fingerprint density at radius 1 is 1.04 bits per heavy atom. The van der Waals surface area contributed by atoms with Gasteiger partial charge >= 0.3 is 0 Å². The summed E-state index contributed by atoms with van der Waals surface area (Å²) in [6, 6.07) is 7.83. The minimum atomic E-state index is 0.137. The average molecular weight is 310 g/mol. The van der Waals surface area contributed by atoms with Crippen LogP contribution in [0.1, 0.15) is 29.8 Å². The summed E-state index contributed by atoms with van der Waals surface area (Å²) in [6.45, 7) is 9.32. The van der Waals surface area contributed by atoms with E-state index in [0.29, 0.717) is 0 Å². The summed E-state index contributed by atoms with van der Waals surface area (Å²) in [5.41, 5.74) is 3.11. The van der Waals surface area contributed by atoms with Crippen LogP contribution in [0.15, 0.2) is 60.3 Å². The summed E-state index contributed by atoms with van der Waals surface area (Å²) < 4.78 is 0. The summed E-state index contributed by atoms with van der Waals surface area (Å²) in [7, 11) is 0. The van der Waals surface area contributed by atoms with Crippen LogP contribution in [0.3, 0.4) is 0 Å². The standard InChI is InChI=1S/C20H26N2O/c1-4-6-11-19(8-5-2)21-12-14-22(15-13-21)20(23)18-10-7-9-17(3)16-18/h4-11,16H,12-15H2,1-3H3/b6-4+,8-5-,19-11+. The van der Waals surface area contributed by atoms with E-state index in [-0.39, 0.29) is 5.91 Å². The normalized spacial score (nSPS) is 16.6. The first-order valence-electron chi connectivity index (χ1n) is 8.22. The highest BCUT2D eigenvalue weighted by Gasteiger charge is 2.22. The van der Waals surface area contributed by atoms with Gasteiger partial charge in [0.2, 0.25) is 0 Å². The Morgan fingerprint density at radius 2 is 1.74 bits per heavy atom. The van der Waals surface area contributed by atoms with Gasteiger partial charge in [0, 0.05) is 37.4 Å². The lowest BCUT2D eigenvalue weighted by molar-refractivity contribution is 0.0672. The second kappa shape index (κ2) is 8.37. The number of piperazine rings is 1. The molecule has 0 aliphatic carbocycles. The van der Waals surface area contributed by atoms with Gasteiger partial charge < -0.3 is 9.80 Å². The van der Waals surface area contributed by atoms with Gasteiger partial charge in [0.05, 0.1) is 0 Å². The van der Waals surface area contributed by atoms with Crippen molar-refractivity contribution in [3.8, 4) is 0 Å². The molecule has 1 amide bonds. The minimum absolute atomic E-state index is 0.137. The van der Waals surface area contributed by atoms with E-state index in [9.17, 15) is 4.79 Å². The molecule has 122 valence electrons. The SMILES string of the molecule is C\C=C/C(=C\C=C\C)N1CCN(C(=O)c2cccc(C)c2)CC1. The molecule has 0 saturated carbocycles. The smallest absolute Gasteiger partial charge is 0.253 e. The predicted octanol–water partition coefficient (Wildman–Crippen LogP) is 3.79. The molecule has 0 unspecified atom stereocenters. The maximum atomic E-state index is 12.6. The predicted molar refractivity (Wildman–Crippen MR) is 96.4 cm³/mol. The van der Waals surface area contributed by atoms with Crippen molar-refractivity contribution in [2.45, 2.75) is 20.8 Å². The highest BCUT2D eigenvalue weighted by molar-refractivity contribution is 5.94. The fourth-order valence-corrected chi connectivity index (χ4v) is 2.76. The molecule has 3 heteroatoms. The molecule has 23 heavy (non-hydrogen) atoms. The average Bonchev–Trinajstić information content (AvgIpc) is 2.58. The van der Waals surface area contributed by atoms with E-state index in [1.54, 1.807) is 0 Å². The second-order valence-corrected chi connectivity index (χ2v) is 5.77. The number of benzene rings is 1. The zero-order chi connectivity index (χ0) is 16.7. The number of allylic oxidation sites excluding steroid dienone is 5. The van der Waals surface area contributed by atoms with E-state index in [1.807, 2.05) is 56.0 Å². The van der Waals surface area contributed by atoms with Crippen LogP contribution in [0.4, 0.5) is 0 Å². The van der Waals surface area contributed by atoms with Crippen molar-refractivity contribution in [3.63, 3.8) is 0 Å². The van der Waals surface area contributed by atoms with Crippen molar-refractivity contribution in [1.29, 1.82) is 0 Å². The van der Waals surface area contributed by atoms with Crippen LogP contribution in [0.5, 0.6) is 0 Å². The van der Waals surface area contributed by atoms with Gasteiger partial charge in [-0.05, 0) is 45.1 Å². The first-order valence-corrected chi connectivity index (χ1v) is 8.22. The third kappa shape index (κ3) is 4.59. The van der Waals surface area contributed by atoms with Crippen LogP contribution in [-0.2, 0) is 0 Å². The summed E-state index contributed by atoms with van der Waals surface area (Å²) in [5, 5.41) is 0. The van der Waals surface area contributed by atoms with Crippen LogP contribution in [0.2, 0.25) is 0 Å². The molecule has 0 aromatic heterocycles. The van der Waals surface area contributed by atoms with Gasteiger partial charge in [-0.1, -0.05) is 35.9 Å². The molecule has 1 saturated heterocycles. The van der Waals surface area contributed by atoms with Crippen molar-refractivity contribution in [1.82, 2.24) is 9.80 Å². The topological polar surface area (TPSA) is 23.6 Å². The molecule has 3 nitrogen and oxygen atoms in total. The van der Waals surface area contributed by atoms with E-state index >= 15 is 0 Å². The summed E-state index contributed by atoms with van der Waals surface area (Å²) >= 11 is 0. The first kappa shape index (κ1) is 17.1. The molecule has 0 bridgehead atoms. The number of hydrogen-bond donors (Lipinski definition) is 0. The first-order chi connectivity index (χ1) is 11.2. The molecule has 1 aliphatic heterocycles. The van der Waals surface area contributed by atoms with Crippen molar-refractivity contribution >= 4 is 5.91 Å². The van der Waals surface area contributed by atoms with Crippen LogP contribution in [0, 0.1) is 6.92 Å². The number of amides is 1. The van der Waals surface area contributed by atoms with Crippen LogP contribution < -0.4 is 0 Å². The number of aryl methyl sites for hydroxylation is 1. The monoisotopic (exact) mass is 310 g/mol. The summed E-state index contributed by atoms with van der Waals surface area (Å²) in [4.78, 5) is 16.9. The fourth-order valence-electron chi connectivity index (χ4n) is 2.76. The maximum absolute atomic E-state index is 12.6. The van der Waals surface area contributed by atoms with Crippen LogP contribution in [0.25, 0.3) is 0 Å². The lowest BCUT2D eigenvalue weighted by Crippen LogP contribution is -2.48. The van der Waals surface area contributed by atoms with Gasteiger partial charge in [0.15, 0.2) is 0 Å². The fraction of sp³-hybridized carbons (Fsp3) is 0.350. The molecule has 2 rings (SSSR count). The molecule has 1 aliphatic rings. The minimum Gasteiger partial charge on any atom is -0.368 e. The van der Waals surface area contributed by atoms with E-state index in [0.717, 1.165) is 37.3 Å². The van der Waals surface area contributed by atoms with Crippen molar-refractivity contribution < 1.29 is 4.79 Å². The van der Waals surface area contributed by atoms with Gasteiger partial charge in [-0.3, -0.25) is 4.79 Å². The van der Waals surface area contributed by atoms with Gasteiger partial charge in [0.25, 0.3) is 5.91 Å². The molecule has 1 fully saturated rings. The van der Waals surface area contributed by atoms with E-state index in [2.05, 4.69) is 29.2 Å². The number of carbonyl (C=O) groups is 1. The van der Waals surface area contributed by atoms with E-state index in [4.69, 9.17) is 0 Å². The molecule has 1 aromatic rings.